The topological polar surface area (TPSA) is 55.8 Å². The summed E-state index contributed by atoms with van der Waals surface area (Å²) in [7, 11) is 1.24. The molecule has 0 bridgehead atoms. The number of carbonyl (C=O) groups is 2. The van der Waals surface area contributed by atoms with Crippen molar-refractivity contribution in [1.29, 1.82) is 0 Å². The number of methoxy groups -OCH3 is 1. The van der Waals surface area contributed by atoms with Gasteiger partial charge in [-0.25, -0.2) is 14.0 Å². The molecule has 0 spiro atoms. The third-order valence-corrected chi connectivity index (χ3v) is 6.12. The third-order valence-electron chi connectivity index (χ3n) is 4.65. The Hall–Kier alpha value is -2.12. The van der Waals surface area contributed by atoms with Gasteiger partial charge in [0.2, 0.25) is 0 Å². The first kappa shape index (κ1) is 21.6. The average molecular weight is 485 g/mol. The summed E-state index contributed by atoms with van der Waals surface area (Å²) < 4.78 is 25.4. The number of fused-ring (bicyclic) bond motifs is 1. The number of hydrogen-bond donors (Lipinski definition) is 0. The van der Waals surface area contributed by atoms with Gasteiger partial charge in [-0.15, -0.1) is 0 Å². The maximum Gasteiger partial charge on any atom is 0.416 e. The summed E-state index contributed by atoms with van der Waals surface area (Å²) in [4.78, 5) is 27.6. The Balaban J connectivity index is 2.33. The summed E-state index contributed by atoms with van der Waals surface area (Å²) in [5.74, 6) is -1.39. The van der Waals surface area contributed by atoms with Crippen molar-refractivity contribution in [3.8, 4) is 0 Å². The first-order chi connectivity index (χ1) is 13.5. The van der Waals surface area contributed by atoms with Gasteiger partial charge in [-0.05, 0) is 53.9 Å². The Bertz CT molecular complexity index is 977. The number of ether oxygens (including phenoxy) is 2. The van der Waals surface area contributed by atoms with Gasteiger partial charge in [0.25, 0.3) is 0 Å². The first-order valence-electron chi connectivity index (χ1n) is 8.86. The normalized spacial score (nSPS) is 18.4. The minimum atomic E-state index is -1.57. The Morgan fingerprint density at radius 2 is 1.86 bits per heavy atom. The van der Waals surface area contributed by atoms with E-state index in [1.807, 2.05) is 0 Å². The third kappa shape index (κ3) is 3.62. The molecule has 8 heteroatoms. The zero-order valence-corrected chi connectivity index (χ0v) is 18.7. The number of amides is 1. The van der Waals surface area contributed by atoms with Crippen LogP contribution in [-0.4, -0.2) is 24.8 Å². The summed E-state index contributed by atoms with van der Waals surface area (Å²) in [5, 5.41) is -0.124. The highest BCUT2D eigenvalue weighted by molar-refractivity contribution is 9.10. The molecule has 0 N–H and O–H groups in total. The van der Waals surface area contributed by atoms with Crippen LogP contribution in [0.4, 0.5) is 14.9 Å². The van der Waals surface area contributed by atoms with E-state index in [9.17, 15) is 14.0 Å². The first-order valence-corrected chi connectivity index (χ1v) is 10.0. The summed E-state index contributed by atoms with van der Waals surface area (Å²) in [6.07, 6.45) is -0.752. The second-order valence-corrected chi connectivity index (χ2v) is 8.87. The molecule has 2 aromatic carbocycles. The van der Waals surface area contributed by atoms with Crippen LogP contribution >= 0.6 is 27.5 Å². The highest BCUT2D eigenvalue weighted by Crippen LogP contribution is 2.51. The number of nitrogens with zero attached hydrogens (tertiary/aromatic N) is 1. The zero-order chi connectivity index (χ0) is 21.6. The van der Waals surface area contributed by atoms with Crippen molar-refractivity contribution in [3.63, 3.8) is 0 Å². The molecular formula is C21H20BrClFNO4. The molecule has 29 heavy (non-hydrogen) atoms. The van der Waals surface area contributed by atoms with Crippen LogP contribution in [0.1, 0.15) is 31.9 Å². The molecule has 0 radical (unpaired) electrons. The van der Waals surface area contributed by atoms with Crippen LogP contribution in [0, 0.1) is 5.82 Å². The lowest BCUT2D eigenvalue weighted by Gasteiger charge is -2.37. The van der Waals surface area contributed by atoms with E-state index in [-0.39, 0.29) is 21.6 Å². The second-order valence-electron chi connectivity index (χ2n) is 7.69. The lowest BCUT2D eigenvalue weighted by Crippen LogP contribution is -2.55. The molecule has 0 unspecified atom stereocenters. The van der Waals surface area contributed by atoms with Crippen LogP contribution in [0.15, 0.2) is 40.9 Å². The maximum atomic E-state index is 14.5. The minimum Gasteiger partial charge on any atom is -0.467 e. The Morgan fingerprint density at radius 1 is 1.24 bits per heavy atom. The standard InChI is InChI=1S/C21H20BrClFNO4/c1-20(2,3)29-19(27)25-15-10-14(24)17(23)16(22)13(15)11-21(25,18(26)28-4)12-8-6-5-7-9-12/h5-10H,11H2,1-4H3/t21-/m0/s1. The van der Waals surface area contributed by atoms with Gasteiger partial charge in [-0.3, -0.25) is 4.90 Å². The van der Waals surface area contributed by atoms with Gasteiger partial charge >= 0.3 is 12.1 Å². The van der Waals surface area contributed by atoms with E-state index in [4.69, 9.17) is 21.1 Å². The average Bonchev–Trinajstić information content (AvgIpc) is 3.01. The fraction of sp³-hybridized carbons (Fsp3) is 0.333. The fourth-order valence-electron chi connectivity index (χ4n) is 3.49. The van der Waals surface area contributed by atoms with Crippen LogP contribution in [0.5, 0.6) is 0 Å². The maximum absolute atomic E-state index is 14.5. The molecule has 5 nitrogen and oxygen atoms in total. The van der Waals surface area contributed by atoms with Crippen LogP contribution in [0.25, 0.3) is 0 Å². The SMILES string of the molecule is COC(=O)[C@@]1(c2ccccc2)Cc2c(cc(F)c(Cl)c2Br)N1C(=O)OC(C)(C)C. The fourth-order valence-corrected chi connectivity index (χ4v) is 4.19. The predicted octanol–water partition coefficient (Wildman–Crippen LogP) is 5.61. The molecule has 3 rings (SSSR count). The Kier molecular flexibility index (Phi) is 5.66. The summed E-state index contributed by atoms with van der Waals surface area (Å²) in [5.41, 5.74) is -1.18. The van der Waals surface area contributed by atoms with Gasteiger partial charge < -0.3 is 9.47 Å². The number of carbonyl (C=O) groups excluding carboxylic acids is 2. The molecule has 0 fully saturated rings. The zero-order valence-electron chi connectivity index (χ0n) is 16.4. The molecule has 2 aromatic rings. The summed E-state index contributed by atoms with van der Waals surface area (Å²) in [6.45, 7) is 5.13. The lowest BCUT2D eigenvalue weighted by atomic mass is 9.86. The Labute approximate surface area is 181 Å². The highest BCUT2D eigenvalue weighted by atomic mass is 79.9. The molecule has 1 atom stereocenters. The molecule has 0 saturated heterocycles. The molecule has 0 aromatic heterocycles. The van der Waals surface area contributed by atoms with Crippen molar-refractivity contribution in [2.75, 3.05) is 12.0 Å². The highest BCUT2D eigenvalue weighted by Gasteiger charge is 2.57. The van der Waals surface area contributed by atoms with Gasteiger partial charge in [0.15, 0.2) is 5.54 Å². The summed E-state index contributed by atoms with van der Waals surface area (Å²) >= 11 is 9.39. The van der Waals surface area contributed by atoms with Gasteiger partial charge in [-0.2, -0.15) is 0 Å². The van der Waals surface area contributed by atoms with E-state index < -0.39 is 29.0 Å². The number of anilines is 1. The van der Waals surface area contributed by atoms with Crippen LogP contribution in [0.2, 0.25) is 5.02 Å². The predicted molar refractivity (Wildman–Crippen MR) is 112 cm³/mol. The second kappa shape index (κ2) is 7.61. The van der Waals surface area contributed by atoms with Gasteiger partial charge in [0.1, 0.15) is 11.4 Å². The molecule has 1 amide bonds. The molecule has 0 aliphatic carbocycles. The van der Waals surface area contributed by atoms with Crippen molar-refractivity contribution >= 4 is 45.3 Å². The molecule has 154 valence electrons. The van der Waals surface area contributed by atoms with Crippen LogP contribution in [0.3, 0.4) is 0 Å². The monoisotopic (exact) mass is 483 g/mol. The minimum absolute atomic E-state index is 0.0405. The number of rotatable bonds is 2. The summed E-state index contributed by atoms with van der Waals surface area (Å²) in [6, 6.07) is 9.86. The van der Waals surface area contributed by atoms with E-state index in [1.165, 1.54) is 12.0 Å². The lowest BCUT2D eigenvalue weighted by molar-refractivity contribution is -0.147. The van der Waals surface area contributed by atoms with E-state index in [0.29, 0.717) is 11.1 Å². The molecule has 0 saturated carbocycles. The number of halogens is 3. The molecule has 1 heterocycles. The van der Waals surface area contributed by atoms with E-state index in [2.05, 4.69) is 15.9 Å². The molecule has 1 aliphatic heterocycles. The number of hydrogen-bond acceptors (Lipinski definition) is 4. The quantitative estimate of drug-likeness (QED) is 0.411. The van der Waals surface area contributed by atoms with E-state index >= 15 is 0 Å². The number of esters is 1. The molecular weight excluding hydrogens is 465 g/mol. The van der Waals surface area contributed by atoms with Crippen LogP contribution in [-0.2, 0) is 26.2 Å². The number of benzene rings is 2. The smallest absolute Gasteiger partial charge is 0.416 e. The van der Waals surface area contributed by atoms with Gasteiger partial charge in [0.05, 0.1) is 17.8 Å². The van der Waals surface area contributed by atoms with Gasteiger partial charge in [-0.1, -0.05) is 41.9 Å². The van der Waals surface area contributed by atoms with Gasteiger partial charge in [0, 0.05) is 10.9 Å². The van der Waals surface area contributed by atoms with E-state index in [0.717, 1.165) is 6.07 Å². The van der Waals surface area contributed by atoms with Crippen molar-refractivity contribution in [1.82, 2.24) is 0 Å². The van der Waals surface area contributed by atoms with Crippen molar-refractivity contribution in [3.05, 3.63) is 62.8 Å². The molecule has 1 aliphatic rings. The Morgan fingerprint density at radius 3 is 2.41 bits per heavy atom. The largest absolute Gasteiger partial charge is 0.467 e. The van der Waals surface area contributed by atoms with Crippen molar-refractivity contribution < 1.29 is 23.5 Å². The van der Waals surface area contributed by atoms with E-state index in [1.54, 1.807) is 51.1 Å². The van der Waals surface area contributed by atoms with Crippen LogP contribution < -0.4 is 4.90 Å². The van der Waals surface area contributed by atoms with Crippen molar-refractivity contribution in [2.45, 2.75) is 38.3 Å². The van der Waals surface area contributed by atoms with Crippen molar-refractivity contribution in [2.24, 2.45) is 0 Å².